The number of aromatic nitrogens is 2. The summed E-state index contributed by atoms with van der Waals surface area (Å²) in [5, 5.41) is 9.03. The third kappa shape index (κ3) is 6.28. The number of unbranched alkanes of at least 4 members (excludes halogenated alkanes) is 2. The summed E-state index contributed by atoms with van der Waals surface area (Å²) in [5.41, 5.74) is 2.59. The number of likely N-dealkylation sites (tertiary alicyclic amines) is 1. The lowest BCUT2D eigenvalue weighted by Crippen LogP contribution is -2.44. The average molecular weight is 510 g/mol. The zero-order chi connectivity index (χ0) is 25.5. The van der Waals surface area contributed by atoms with Crippen LogP contribution in [0.4, 0.5) is 0 Å². The molecule has 0 spiro atoms. The lowest BCUT2D eigenvalue weighted by atomic mass is 10.0. The Balaban J connectivity index is 1.48. The molecule has 1 fully saturated rings. The van der Waals surface area contributed by atoms with E-state index in [0.29, 0.717) is 17.1 Å². The van der Waals surface area contributed by atoms with Gasteiger partial charge in [0.15, 0.2) is 5.82 Å². The van der Waals surface area contributed by atoms with E-state index in [1.54, 1.807) is 7.11 Å². The minimum Gasteiger partial charge on any atom is -0.496 e. The van der Waals surface area contributed by atoms with Gasteiger partial charge in [-0.2, -0.15) is 10.9 Å². The predicted molar refractivity (Wildman–Crippen MR) is 149 cm³/mol. The molecule has 1 N–H and O–H groups in total. The zero-order valence-electron chi connectivity index (χ0n) is 21.9. The summed E-state index contributed by atoms with van der Waals surface area (Å²) >= 11 is 0. The van der Waals surface area contributed by atoms with Gasteiger partial charge in [-0.25, -0.2) is 9.97 Å². The Morgan fingerprint density at radius 2 is 2.06 bits per heavy atom. The number of nitrogens with one attached hydrogen (secondary N) is 1. The Kier molecular flexibility index (Phi) is 9.04. The van der Waals surface area contributed by atoms with Gasteiger partial charge in [0.25, 0.3) is 5.91 Å². The molecule has 1 atom stereocenters. The number of methoxy groups -OCH3 is 1. The first-order valence-corrected chi connectivity index (χ1v) is 14.4. The molecule has 1 unspecified atom stereocenters. The van der Waals surface area contributed by atoms with Gasteiger partial charge in [-0.3, -0.25) is 4.79 Å². The molecule has 194 valence electrons. The van der Waals surface area contributed by atoms with Crippen LogP contribution in [0, 0.1) is 0 Å². The molecule has 2 aliphatic rings. The molecule has 2 aromatic rings. The van der Waals surface area contributed by atoms with Crippen LogP contribution >= 0.6 is 10.9 Å². The predicted octanol–water partition coefficient (Wildman–Crippen LogP) is 4.83. The summed E-state index contributed by atoms with van der Waals surface area (Å²) in [6.07, 6.45) is 9.60. The molecule has 1 aromatic carbocycles. The van der Waals surface area contributed by atoms with Crippen molar-refractivity contribution >= 4 is 16.8 Å². The van der Waals surface area contributed by atoms with E-state index >= 15 is 0 Å². The van der Waals surface area contributed by atoms with Crippen LogP contribution in [0.1, 0.15) is 49.4 Å². The minimum atomic E-state index is -0.610. The number of ether oxygens (including phenoxy) is 1. The highest BCUT2D eigenvalue weighted by atomic mass is 32.2. The number of hydrogen-bond donors (Lipinski definition) is 2. The van der Waals surface area contributed by atoms with Gasteiger partial charge in [0.05, 0.1) is 17.7 Å². The number of nitrogens with zero attached hydrogens (tertiary/aromatic N) is 4. The van der Waals surface area contributed by atoms with E-state index in [4.69, 9.17) is 9.72 Å². The van der Waals surface area contributed by atoms with Crippen molar-refractivity contribution in [2.24, 2.45) is 0 Å². The SMILES string of the molecule is CCCCCNC1=C[SH](c2ccnc(-c3ccc(C(=O)N(C)C4CCN(C)CC4)c(OC)c3)n2)C=C1. The van der Waals surface area contributed by atoms with Crippen LogP contribution in [0.2, 0.25) is 0 Å². The fourth-order valence-electron chi connectivity index (χ4n) is 4.63. The van der Waals surface area contributed by atoms with Gasteiger partial charge in [0, 0.05) is 37.1 Å². The van der Waals surface area contributed by atoms with Crippen LogP contribution in [0.5, 0.6) is 5.75 Å². The number of benzene rings is 1. The summed E-state index contributed by atoms with van der Waals surface area (Å²) in [5.74, 6) is 1.18. The number of hydrogen-bond acceptors (Lipinski definition) is 6. The maximum atomic E-state index is 13.3. The van der Waals surface area contributed by atoms with Crippen LogP contribution in [0.15, 0.2) is 58.1 Å². The van der Waals surface area contributed by atoms with Gasteiger partial charge in [-0.05, 0) is 74.5 Å². The molecular weight excluding hydrogens is 470 g/mol. The second kappa shape index (κ2) is 12.4. The molecule has 0 bridgehead atoms. The van der Waals surface area contributed by atoms with Gasteiger partial charge in [-0.1, -0.05) is 25.8 Å². The first-order chi connectivity index (χ1) is 17.5. The van der Waals surface area contributed by atoms with E-state index in [2.05, 4.69) is 46.1 Å². The number of carbonyl (C=O) groups is 1. The van der Waals surface area contributed by atoms with Crippen molar-refractivity contribution in [2.75, 3.05) is 40.8 Å². The number of carbonyl (C=O) groups excluding carboxylic acids is 1. The molecule has 1 aromatic heterocycles. The van der Waals surface area contributed by atoms with Crippen LogP contribution in [0.25, 0.3) is 11.4 Å². The molecule has 3 heterocycles. The average Bonchev–Trinajstić information content (AvgIpc) is 3.39. The molecule has 8 heteroatoms. The van der Waals surface area contributed by atoms with Crippen molar-refractivity contribution < 1.29 is 9.53 Å². The molecular formula is C28H39N5O2S. The van der Waals surface area contributed by atoms with Crippen molar-refractivity contribution in [3.8, 4) is 17.1 Å². The van der Waals surface area contributed by atoms with E-state index in [0.717, 1.165) is 43.1 Å². The third-order valence-electron chi connectivity index (χ3n) is 6.95. The standard InChI is InChI=1S/C28H39N5O2S/c1-5-6-7-14-29-22-13-18-36(20-22)26-10-15-30-27(31-26)21-8-9-24(25(19-21)35-4)28(34)33(3)23-11-16-32(2)17-12-23/h8-10,13,15,18-20,23,29,36H,5-7,11-12,14,16-17H2,1-4H3. The topological polar surface area (TPSA) is 70.6 Å². The molecule has 4 rings (SSSR count). The Hall–Kier alpha value is -2.84. The molecule has 2 aliphatic heterocycles. The van der Waals surface area contributed by atoms with Crippen molar-refractivity contribution in [3.05, 3.63) is 58.6 Å². The van der Waals surface area contributed by atoms with E-state index in [1.807, 2.05) is 42.4 Å². The first kappa shape index (κ1) is 26.2. The fraction of sp³-hybridized carbons (Fsp3) is 0.464. The van der Waals surface area contributed by atoms with E-state index in [1.165, 1.54) is 25.0 Å². The van der Waals surface area contributed by atoms with Crippen molar-refractivity contribution in [2.45, 2.75) is 50.1 Å². The van der Waals surface area contributed by atoms with Gasteiger partial charge >= 0.3 is 0 Å². The maximum Gasteiger partial charge on any atom is 0.257 e. The molecule has 36 heavy (non-hydrogen) atoms. The summed E-state index contributed by atoms with van der Waals surface area (Å²) in [6, 6.07) is 7.88. The smallest absolute Gasteiger partial charge is 0.257 e. The van der Waals surface area contributed by atoms with E-state index in [-0.39, 0.29) is 11.9 Å². The normalized spacial score (nSPS) is 19.2. The fourth-order valence-corrected chi connectivity index (χ4v) is 6.25. The summed E-state index contributed by atoms with van der Waals surface area (Å²) in [7, 11) is 5.02. The van der Waals surface area contributed by atoms with Crippen LogP contribution in [0.3, 0.4) is 0 Å². The number of rotatable bonds is 10. The minimum absolute atomic E-state index is 0.00808. The second-order valence-corrected chi connectivity index (χ2v) is 11.4. The molecule has 0 saturated carbocycles. The molecule has 1 saturated heterocycles. The maximum absolute atomic E-state index is 13.3. The summed E-state index contributed by atoms with van der Waals surface area (Å²) in [6.45, 7) is 5.24. The van der Waals surface area contributed by atoms with Crippen molar-refractivity contribution in [1.82, 2.24) is 25.1 Å². The lowest BCUT2D eigenvalue weighted by Gasteiger charge is -2.35. The highest BCUT2D eigenvalue weighted by molar-refractivity contribution is 8.22. The summed E-state index contributed by atoms with van der Waals surface area (Å²) < 4.78 is 5.65. The molecule has 0 aliphatic carbocycles. The van der Waals surface area contributed by atoms with Crippen LogP contribution in [-0.4, -0.2) is 72.6 Å². The van der Waals surface area contributed by atoms with Gasteiger partial charge in [0.1, 0.15) is 5.75 Å². The van der Waals surface area contributed by atoms with Gasteiger partial charge < -0.3 is 19.9 Å². The molecule has 0 radical (unpaired) electrons. The number of amides is 1. The Labute approximate surface area is 218 Å². The first-order valence-electron chi connectivity index (χ1n) is 12.9. The Morgan fingerprint density at radius 1 is 1.25 bits per heavy atom. The number of piperidine rings is 1. The third-order valence-corrected chi connectivity index (χ3v) is 8.76. The Bertz CT molecular complexity index is 1110. The second-order valence-electron chi connectivity index (χ2n) is 9.55. The lowest BCUT2D eigenvalue weighted by molar-refractivity contribution is 0.0656. The quantitative estimate of drug-likeness (QED) is 0.272. The van der Waals surface area contributed by atoms with E-state index < -0.39 is 10.9 Å². The molecule has 7 nitrogen and oxygen atoms in total. The van der Waals surface area contributed by atoms with Gasteiger partial charge in [-0.15, -0.1) is 0 Å². The Morgan fingerprint density at radius 3 is 2.81 bits per heavy atom. The van der Waals surface area contributed by atoms with Crippen molar-refractivity contribution in [1.29, 1.82) is 0 Å². The monoisotopic (exact) mass is 509 g/mol. The highest BCUT2D eigenvalue weighted by Crippen LogP contribution is 2.43. The van der Waals surface area contributed by atoms with Crippen LogP contribution in [-0.2, 0) is 0 Å². The zero-order valence-corrected chi connectivity index (χ0v) is 22.8. The molecule has 1 amide bonds. The van der Waals surface area contributed by atoms with E-state index in [9.17, 15) is 4.79 Å². The largest absolute Gasteiger partial charge is 0.496 e. The van der Waals surface area contributed by atoms with Crippen LogP contribution < -0.4 is 10.1 Å². The number of allylic oxidation sites excluding steroid dienone is 1. The van der Waals surface area contributed by atoms with Crippen molar-refractivity contribution in [3.63, 3.8) is 0 Å². The highest BCUT2D eigenvalue weighted by Gasteiger charge is 2.26. The number of thiol groups is 1. The summed E-state index contributed by atoms with van der Waals surface area (Å²) in [4.78, 5) is 26.9. The van der Waals surface area contributed by atoms with Gasteiger partial charge in [0.2, 0.25) is 0 Å².